The number of nitrogens with two attached hydrogens (primary N) is 2. The minimum absolute atomic E-state index is 0.0870. The van der Waals surface area contributed by atoms with Crippen LogP contribution in [0.4, 0.5) is 5.13 Å². The number of hydrogen-bond acceptors (Lipinski definition) is 15. The molecular weight excluding hydrogens is 640 g/mol. The van der Waals surface area contributed by atoms with Gasteiger partial charge in [-0.2, -0.15) is 0 Å². The summed E-state index contributed by atoms with van der Waals surface area (Å²) in [5, 5.41) is 8.15. The fourth-order valence-corrected chi connectivity index (χ4v) is 7.54. The largest absolute Gasteiger partial charge is 0.426 e. The first-order chi connectivity index (χ1) is 22.0. The van der Waals surface area contributed by atoms with Crippen molar-refractivity contribution in [2.75, 3.05) is 19.1 Å². The fraction of sp³-hybridized carbons (Fsp3) is 0.483. The number of oxime groups is 1. The summed E-state index contributed by atoms with van der Waals surface area (Å²) in [5.74, 6) is -3.11. The molecule has 0 unspecified atom stereocenters. The van der Waals surface area contributed by atoms with E-state index in [1.807, 2.05) is 0 Å². The van der Waals surface area contributed by atoms with Crippen LogP contribution in [0.1, 0.15) is 62.0 Å². The van der Waals surface area contributed by atoms with Gasteiger partial charge in [0.1, 0.15) is 35.0 Å². The van der Waals surface area contributed by atoms with E-state index in [9.17, 15) is 24.0 Å². The zero-order valence-electron chi connectivity index (χ0n) is 25.1. The van der Waals surface area contributed by atoms with E-state index in [1.54, 1.807) is 19.2 Å². The minimum Gasteiger partial charge on any atom is -0.426 e. The number of rotatable bonds is 11. The summed E-state index contributed by atoms with van der Waals surface area (Å²) in [6, 6.07) is 3.60. The molecule has 17 heteroatoms. The van der Waals surface area contributed by atoms with Crippen LogP contribution >= 0.6 is 23.1 Å². The Kier molecular flexibility index (Phi) is 10.1. The molecule has 246 valence electrons. The molecule has 5 N–H and O–H groups in total. The molecule has 46 heavy (non-hydrogen) atoms. The van der Waals surface area contributed by atoms with Crippen LogP contribution in [0.25, 0.3) is 0 Å². The zero-order valence-corrected chi connectivity index (χ0v) is 26.8. The van der Waals surface area contributed by atoms with Crippen molar-refractivity contribution in [1.82, 2.24) is 15.2 Å². The van der Waals surface area contributed by atoms with E-state index in [-0.39, 0.29) is 40.5 Å². The number of β-lactam (4-membered cyclic amide) rings is 1. The Balaban J connectivity index is 1.17. The lowest BCUT2D eigenvalue weighted by atomic mass is 9.96. The number of amides is 2. The van der Waals surface area contributed by atoms with Crippen LogP contribution in [0.3, 0.4) is 0 Å². The fourth-order valence-electron chi connectivity index (χ4n) is 5.37. The lowest BCUT2D eigenvalue weighted by Crippen LogP contribution is -2.71. The predicted octanol–water partition coefficient (Wildman–Crippen LogP) is 1.55. The number of aromatic nitrogens is 1. The number of nitrogens with one attached hydrogen (secondary N) is 1. The number of ether oxygens (including phenoxy) is 3. The van der Waals surface area contributed by atoms with Gasteiger partial charge in [0, 0.05) is 10.1 Å². The summed E-state index contributed by atoms with van der Waals surface area (Å²) in [6.07, 6.45) is 4.71. The van der Waals surface area contributed by atoms with E-state index in [1.165, 1.54) is 40.9 Å². The van der Waals surface area contributed by atoms with E-state index < -0.39 is 58.7 Å². The lowest BCUT2D eigenvalue weighted by Gasteiger charge is -2.43. The van der Waals surface area contributed by atoms with Crippen molar-refractivity contribution >= 4 is 63.7 Å². The second-order valence-corrected chi connectivity index (χ2v) is 14.0. The zero-order chi connectivity index (χ0) is 33.0. The number of esters is 3. The van der Waals surface area contributed by atoms with Gasteiger partial charge in [-0.3, -0.25) is 14.4 Å². The number of anilines is 1. The molecule has 2 aromatic rings. The summed E-state index contributed by atoms with van der Waals surface area (Å²) in [4.78, 5) is 74.8. The van der Waals surface area contributed by atoms with Crippen LogP contribution in [0.2, 0.25) is 0 Å². The molecule has 2 aliphatic heterocycles. The van der Waals surface area contributed by atoms with Crippen LogP contribution in [0, 0.1) is 0 Å². The van der Waals surface area contributed by atoms with E-state index in [2.05, 4.69) is 15.5 Å². The Hall–Kier alpha value is -4.22. The maximum absolute atomic E-state index is 13.4. The lowest BCUT2D eigenvalue weighted by molar-refractivity contribution is -0.169. The number of benzene rings is 1. The van der Waals surface area contributed by atoms with Crippen LogP contribution in [0.5, 0.6) is 5.75 Å². The first-order valence-corrected chi connectivity index (χ1v) is 16.3. The monoisotopic (exact) mass is 674 g/mol. The molecule has 1 aromatic heterocycles. The molecule has 1 aliphatic carbocycles. The van der Waals surface area contributed by atoms with Gasteiger partial charge in [0.15, 0.2) is 10.8 Å². The standard InChI is InChI=1S/C29H34N6O9S2/c1-29(2)22(27(40)42-14-41-26(39)15-8-10-16(11-9-15)43-19(36)12-30)35-24(38)21(25(35)46-29)33-23(37)20(18-13-45-28(31)32-18)34-44-17-6-4-3-5-7-17/h8-11,13,17,21-22,25H,3-7,12,14,30H2,1-2H3,(H2,31,32)(H,33,37)/b34-20-/t21-,22+,25-/m1/s1. The molecule has 3 heterocycles. The number of hydrogen-bond donors (Lipinski definition) is 3. The molecule has 3 fully saturated rings. The van der Waals surface area contributed by atoms with Crippen LogP contribution in [-0.4, -0.2) is 87.0 Å². The smallest absolute Gasteiger partial charge is 0.341 e. The first-order valence-electron chi connectivity index (χ1n) is 14.6. The molecule has 0 bridgehead atoms. The second kappa shape index (κ2) is 14.0. The highest BCUT2D eigenvalue weighted by atomic mass is 32.2. The molecule has 1 saturated carbocycles. The summed E-state index contributed by atoms with van der Waals surface area (Å²) < 4.78 is 14.5. The molecule has 0 radical (unpaired) electrons. The average molecular weight is 675 g/mol. The predicted molar refractivity (Wildman–Crippen MR) is 167 cm³/mol. The van der Waals surface area contributed by atoms with Gasteiger partial charge in [0.05, 0.1) is 12.1 Å². The third-order valence-electron chi connectivity index (χ3n) is 7.66. The number of thioether (sulfide) groups is 1. The van der Waals surface area contributed by atoms with Crippen molar-refractivity contribution < 1.29 is 43.0 Å². The minimum atomic E-state index is -1.00. The summed E-state index contributed by atoms with van der Waals surface area (Å²) in [6.45, 7) is 2.58. The van der Waals surface area contributed by atoms with Gasteiger partial charge in [0.25, 0.3) is 5.91 Å². The molecule has 5 rings (SSSR count). The van der Waals surface area contributed by atoms with E-state index >= 15 is 0 Å². The third-order valence-corrected chi connectivity index (χ3v) is 9.90. The number of carbonyl (C=O) groups is 5. The van der Waals surface area contributed by atoms with Gasteiger partial charge in [0.2, 0.25) is 12.7 Å². The molecule has 0 spiro atoms. The van der Waals surface area contributed by atoms with Crippen molar-refractivity contribution in [2.24, 2.45) is 10.9 Å². The van der Waals surface area contributed by atoms with E-state index in [0.29, 0.717) is 0 Å². The van der Waals surface area contributed by atoms with Gasteiger partial charge in [-0.15, -0.1) is 23.1 Å². The molecule has 15 nitrogen and oxygen atoms in total. The highest BCUT2D eigenvalue weighted by Crippen LogP contribution is 2.51. The second-order valence-electron chi connectivity index (χ2n) is 11.3. The Morgan fingerprint density at radius 1 is 1.11 bits per heavy atom. The summed E-state index contributed by atoms with van der Waals surface area (Å²) >= 11 is 2.48. The maximum atomic E-state index is 13.4. The van der Waals surface area contributed by atoms with Crippen LogP contribution in [0.15, 0.2) is 34.8 Å². The number of carbonyl (C=O) groups excluding carboxylic acids is 5. The molecular formula is C29H34N6O9S2. The van der Waals surface area contributed by atoms with Crippen molar-refractivity contribution in [1.29, 1.82) is 0 Å². The Labute approximate surface area is 272 Å². The Morgan fingerprint density at radius 2 is 1.83 bits per heavy atom. The first kappa shape index (κ1) is 33.2. The summed E-state index contributed by atoms with van der Waals surface area (Å²) in [5.41, 5.74) is 11.3. The van der Waals surface area contributed by atoms with Crippen LogP contribution < -0.4 is 21.5 Å². The molecule has 2 saturated heterocycles. The molecule has 1 aromatic carbocycles. The van der Waals surface area contributed by atoms with Gasteiger partial charge in [-0.25, -0.2) is 14.6 Å². The SMILES string of the molecule is CC1(C)S[C@@H]2[C@H](NC(=O)/C(=N\OC3CCCCC3)c3csc(N)n3)C(=O)N2[C@H]1C(=O)OCOC(=O)c1ccc(OC(=O)CN)cc1. The van der Waals surface area contributed by atoms with Crippen molar-refractivity contribution in [3.63, 3.8) is 0 Å². The van der Waals surface area contributed by atoms with Crippen molar-refractivity contribution in [3.05, 3.63) is 40.9 Å². The molecule has 2 amide bonds. The van der Waals surface area contributed by atoms with E-state index in [0.717, 1.165) is 43.4 Å². The third kappa shape index (κ3) is 7.26. The van der Waals surface area contributed by atoms with Gasteiger partial charge in [-0.1, -0.05) is 11.6 Å². The van der Waals surface area contributed by atoms with Crippen LogP contribution in [-0.2, 0) is 33.5 Å². The topological polar surface area (TPSA) is 215 Å². The molecule has 3 aliphatic rings. The Bertz CT molecular complexity index is 1520. The number of nitrogens with zero attached hydrogens (tertiary/aromatic N) is 3. The van der Waals surface area contributed by atoms with Gasteiger partial charge >= 0.3 is 17.9 Å². The maximum Gasteiger partial charge on any atom is 0.341 e. The van der Waals surface area contributed by atoms with Crippen molar-refractivity contribution in [3.8, 4) is 5.75 Å². The quantitative estimate of drug-likeness (QED) is 0.0771. The highest BCUT2D eigenvalue weighted by molar-refractivity contribution is 8.01. The highest BCUT2D eigenvalue weighted by Gasteiger charge is 2.64. The number of thiazole rings is 1. The van der Waals surface area contributed by atoms with Crippen molar-refractivity contribution in [2.45, 2.75) is 74.3 Å². The van der Waals surface area contributed by atoms with Gasteiger partial charge < -0.3 is 40.7 Å². The normalized spacial score (nSPS) is 22.3. The number of fused-ring (bicyclic) bond motifs is 1. The Morgan fingerprint density at radius 3 is 2.48 bits per heavy atom. The molecule has 3 atom stereocenters. The number of nitrogen functional groups attached to an aromatic ring is 1. The van der Waals surface area contributed by atoms with E-state index in [4.69, 9.17) is 30.5 Å². The van der Waals surface area contributed by atoms with Gasteiger partial charge in [-0.05, 0) is 63.8 Å². The summed E-state index contributed by atoms with van der Waals surface area (Å²) in [7, 11) is 0. The average Bonchev–Trinajstić information content (AvgIpc) is 3.58.